The van der Waals surface area contributed by atoms with E-state index >= 15 is 0 Å². The van der Waals surface area contributed by atoms with Crippen molar-refractivity contribution in [2.45, 2.75) is 26.9 Å². The minimum atomic E-state index is -0.500. The Balaban J connectivity index is 1.95. The molecule has 0 saturated heterocycles. The van der Waals surface area contributed by atoms with Gasteiger partial charge >= 0.3 is 5.97 Å². The van der Waals surface area contributed by atoms with Crippen molar-refractivity contribution in [3.63, 3.8) is 0 Å². The number of benzene rings is 3. The third-order valence-corrected chi connectivity index (χ3v) is 5.32. The molecule has 158 valence electrons. The first kappa shape index (κ1) is 20.6. The second-order valence-corrected chi connectivity index (χ2v) is 7.34. The van der Waals surface area contributed by atoms with E-state index in [1.807, 2.05) is 47.0 Å². The van der Waals surface area contributed by atoms with E-state index in [4.69, 9.17) is 4.74 Å². The molecule has 1 amide bonds. The summed E-state index contributed by atoms with van der Waals surface area (Å²) < 4.78 is 21.3. The highest BCUT2D eigenvalue weighted by atomic mass is 19.1. The van der Waals surface area contributed by atoms with Crippen molar-refractivity contribution in [3.8, 4) is 0 Å². The second kappa shape index (κ2) is 8.60. The SMILES string of the molecule is CCOC(=O)c1c(CNC(C)=O)c2cc(F)ccc2n1Cc1cccc2ccccc12. The van der Waals surface area contributed by atoms with Gasteiger partial charge in [0, 0.05) is 36.5 Å². The fourth-order valence-electron chi connectivity index (χ4n) is 3.99. The van der Waals surface area contributed by atoms with Crippen molar-refractivity contribution in [2.24, 2.45) is 0 Å². The van der Waals surface area contributed by atoms with Crippen molar-refractivity contribution in [1.82, 2.24) is 9.88 Å². The molecule has 0 saturated carbocycles. The summed E-state index contributed by atoms with van der Waals surface area (Å²) in [4.78, 5) is 24.6. The third kappa shape index (κ3) is 4.01. The Hall–Kier alpha value is -3.67. The van der Waals surface area contributed by atoms with Gasteiger partial charge < -0.3 is 14.6 Å². The topological polar surface area (TPSA) is 60.3 Å². The normalized spacial score (nSPS) is 11.1. The summed E-state index contributed by atoms with van der Waals surface area (Å²) in [6.07, 6.45) is 0. The summed E-state index contributed by atoms with van der Waals surface area (Å²) in [6.45, 7) is 3.86. The van der Waals surface area contributed by atoms with Crippen LogP contribution in [0.5, 0.6) is 0 Å². The zero-order valence-electron chi connectivity index (χ0n) is 17.4. The molecule has 4 aromatic rings. The van der Waals surface area contributed by atoms with E-state index in [-0.39, 0.29) is 19.1 Å². The minimum Gasteiger partial charge on any atom is -0.461 e. The quantitative estimate of drug-likeness (QED) is 0.458. The first-order valence-corrected chi connectivity index (χ1v) is 10.2. The highest BCUT2D eigenvalue weighted by Gasteiger charge is 2.25. The van der Waals surface area contributed by atoms with E-state index < -0.39 is 11.8 Å². The van der Waals surface area contributed by atoms with E-state index in [1.165, 1.54) is 19.1 Å². The van der Waals surface area contributed by atoms with E-state index in [1.54, 1.807) is 13.0 Å². The summed E-state index contributed by atoms with van der Waals surface area (Å²) in [5.41, 5.74) is 2.60. The number of hydrogen-bond acceptors (Lipinski definition) is 3. The number of fused-ring (bicyclic) bond motifs is 2. The van der Waals surface area contributed by atoms with Gasteiger partial charge in [0.2, 0.25) is 5.91 Å². The number of esters is 1. The molecule has 0 fully saturated rings. The van der Waals surface area contributed by atoms with Crippen LogP contribution in [-0.2, 0) is 22.6 Å². The van der Waals surface area contributed by atoms with Crippen LogP contribution >= 0.6 is 0 Å². The van der Waals surface area contributed by atoms with Crippen LogP contribution in [0.15, 0.2) is 60.7 Å². The molecule has 31 heavy (non-hydrogen) atoms. The third-order valence-electron chi connectivity index (χ3n) is 5.32. The van der Waals surface area contributed by atoms with Gasteiger partial charge in [-0.15, -0.1) is 0 Å². The lowest BCUT2D eigenvalue weighted by atomic mass is 10.0. The number of nitrogens with zero attached hydrogens (tertiary/aromatic N) is 1. The molecule has 0 aliphatic rings. The van der Waals surface area contributed by atoms with E-state index in [0.29, 0.717) is 28.7 Å². The van der Waals surface area contributed by atoms with Gasteiger partial charge in [0.25, 0.3) is 0 Å². The van der Waals surface area contributed by atoms with Gasteiger partial charge in [-0.25, -0.2) is 9.18 Å². The molecule has 6 heteroatoms. The molecule has 0 bridgehead atoms. The molecule has 0 unspecified atom stereocenters. The molecule has 0 radical (unpaired) electrons. The minimum absolute atomic E-state index is 0.103. The van der Waals surface area contributed by atoms with Gasteiger partial charge in [-0.2, -0.15) is 0 Å². The smallest absolute Gasteiger partial charge is 0.355 e. The fourth-order valence-corrected chi connectivity index (χ4v) is 3.99. The van der Waals surface area contributed by atoms with Gasteiger partial charge in [-0.3, -0.25) is 4.79 Å². The Morgan fingerprint density at radius 1 is 1.03 bits per heavy atom. The second-order valence-electron chi connectivity index (χ2n) is 7.34. The van der Waals surface area contributed by atoms with E-state index in [2.05, 4.69) is 5.32 Å². The molecule has 0 spiro atoms. The monoisotopic (exact) mass is 418 g/mol. The van der Waals surface area contributed by atoms with Gasteiger partial charge in [0.05, 0.1) is 6.61 Å². The van der Waals surface area contributed by atoms with Crippen molar-refractivity contribution in [3.05, 3.63) is 83.3 Å². The number of hydrogen-bond donors (Lipinski definition) is 1. The standard InChI is InChI=1S/C25H23FN2O3/c1-3-31-25(30)24-22(14-27-16(2)29)21-13-19(26)11-12-23(21)28(24)15-18-9-6-8-17-7-4-5-10-20(17)18/h4-13H,3,14-15H2,1-2H3,(H,27,29). The predicted molar refractivity (Wildman–Crippen MR) is 118 cm³/mol. The summed E-state index contributed by atoms with van der Waals surface area (Å²) in [5.74, 6) is -1.14. The molecule has 0 aliphatic carbocycles. The number of carbonyl (C=O) groups is 2. The molecule has 0 atom stereocenters. The molecule has 1 N–H and O–H groups in total. The number of carbonyl (C=O) groups excluding carboxylic acids is 2. The highest BCUT2D eigenvalue weighted by molar-refractivity contribution is 5.99. The van der Waals surface area contributed by atoms with Crippen LogP contribution < -0.4 is 5.32 Å². The lowest BCUT2D eigenvalue weighted by Gasteiger charge is -2.13. The summed E-state index contributed by atoms with van der Waals surface area (Å²) >= 11 is 0. The van der Waals surface area contributed by atoms with Gasteiger partial charge in [0.15, 0.2) is 0 Å². The molecule has 0 aliphatic heterocycles. The van der Waals surface area contributed by atoms with Gasteiger partial charge in [-0.1, -0.05) is 42.5 Å². The maximum Gasteiger partial charge on any atom is 0.355 e. The Bertz CT molecular complexity index is 1290. The van der Waals surface area contributed by atoms with Crippen molar-refractivity contribution >= 4 is 33.6 Å². The van der Waals surface area contributed by atoms with Crippen LogP contribution in [0.4, 0.5) is 4.39 Å². The predicted octanol–water partition coefficient (Wildman–Crippen LogP) is 4.79. The average molecular weight is 418 g/mol. The number of nitrogens with one attached hydrogen (secondary N) is 1. The van der Waals surface area contributed by atoms with Crippen molar-refractivity contribution in [1.29, 1.82) is 0 Å². The molecule has 1 heterocycles. The molecular formula is C25H23FN2O3. The zero-order chi connectivity index (χ0) is 22.0. The van der Waals surface area contributed by atoms with Crippen LogP contribution in [-0.4, -0.2) is 23.1 Å². The Morgan fingerprint density at radius 2 is 1.81 bits per heavy atom. The van der Waals surface area contributed by atoms with Crippen LogP contribution in [0.2, 0.25) is 0 Å². The first-order chi connectivity index (χ1) is 15.0. The van der Waals surface area contributed by atoms with Crippen molar-refractivity contribution < 1.29 is 18.7 Å². The summed E-state index contributed by atoms with van der Waals surface area (Å²) in [7, 11) is 0. The zero-order valence-corrected chi connectivity index (χ0v) is 17.4. The summed E-state index contributed by atoms with van der Waals surface area (Å²) in [5, 5.41) is 5.49. The molecular weight excluding hydrogens is 395 g/mol. The average Bonchev–Trinajstić information content (AvgIpc) is 3.05. The maximum absolute atomic E-state index is 14.1. The highest BCUT2D eigenvalue weighted by Crippen LogP contribution is 2.30. The molecule has 3 aromatic carbocycles. The molecule has 1 aromatic heterocycles. The molecule has 4 rings (SSSR count). The van der Waals surface area contributed by atoms with Gasteiger partial charge in [0.1, 0.15) is 11.5 Å². The van der Waals surface area contributed by atoms with Crippen molar-refractivity contribution in [2.75, 3.05) is 6.61 Å². The number of ether oxygens (including phenoxy) is 1. The number of rotatable bonds is 6. The van der Waals surface area contributed by atoms with Crippen LogP contribution in [0.25, 0.3) is 21.7 Å². The number of halogens is 1. The van der Waals surface area contributed by atoms with E-state index in [9.17, 15) is 14.0 Å². The summed E-state index contributed by atoms with van der Waals surface area (Å²) in [6, 6.07) is 18.5. The lowest BCUT2D eigenvalue weighted by Crippen LogP contribution is -2.22. The number of aromatic nitrogens is 1. The Morgan fingerprint density at radius 3 is 2.58 bits per heavy atom. The van der Waals surface area contributed by atoms with Crippen LogP contribution in [0.1, 0.15) is 35.5 Å². The maximum atomic E-state index is 14.1. The largest absolute Gasteiger partial charge is 0.461 e. The first-order valence-electron chi connectivity index (χ1n) is 10.2. The van der Waals surface area contributed by atoms with Gasteiger partial charge in [-0.05, 0) is 41.5 Å². The van der Waals surface area contributed by atoms with Crippen LogP contribution in [0, 0.1) is 5.82 Å². The Labute approximate surface area is 179 Å². The number of amides is 1. The lowest BCUT2D eigenvalue weighted by molar-refractivity contribution is -0.119. The van der Waals surface area contributed by atoms with E-state index in [0.717, 1.165) is 16.3 Å². The fraction of sp³-hybridized carbons (Fsp3) is 0.200. The van der Waals surface area contributed by atoms with Crippen LogP contribution in [0.3, 0.4) is 0 Å². The molecule has 5 nitrogen and oxygen atoms in total. The Kier molecular flexibility index (Phi) is 5.71.